The molecule has 108 valence electrons. The zero-order valence-electron chi connectivity index (χ0n) is 12.5. The monoisotopic (exact) mass is 264 g/mol. The first-order valence-corrected chi connectivity index (χ1v) is 7.91. The standard InChI is InChI=1S/C16H28N2O/c1-13(2)11-17-10-6-9-16-18-12-15(19-16)14-7-4-3-5-8-14/h12-14,17H,3-11H2,1-2H3. The summed E-state index contributed by atoms with van der Waals surface area (Å²) in [5.74, 6) is 3.41. The van der Waals surface area contributed by atoms with Crippen LogP contribution in [0.1, 0.15) is 69.9 Å². The second-order valence-corrected chi connectivity index (χ2v) is 6.19. The summed E-state index contributed by atoms with van der Waals surface area (Å²) in [7, 11) is 0. The molecule has 0 atom stereocenters. The molecule has 1 aromatic rings. The molecule has 1 aromatic heterocycles. The first kappa shape index (κ1) is 14.6. The molecule has 1 N–H and O–H groups in total. The van der Waals surface area contributed by atoms with Crippen molar-refractivity contribution in [1.82, 2.24) is 10.3 Å². The fourth-order valence-corrected chi connectivity index (χ4v) is 2.77. The molecule has 1 heterocycles. The van der Waals surface area contributed by atoms with E-state index in [1.165, 1.54) is 32.1 Å². The average Bonchev–Trinajstić information content (AvgIpc) is 2.88. The van der Waals surface area contributed by atoms with Gasteiger partial charge < -0.3 is 9.73 Å². The molecule has 0 aliphatic heterocycles. The lowest BCUT2D eigenvalue weighted by Gasteiger charge is -2.18. The SMILES string of the molecule is CC(C)CNCCCc1ncc(C2CCCCC2)o1. The predicted molar refractivity (Wildman–Crippen MR) is 78.4 cm³/mol. The summed E-state index contributed by atoms with van der Waals surface area (Å²) in [5.41, 5.74) is 0. The van der Waals surface area contributed by atoms with E-state index >= 15 is 0 Å². The van der Waals surface area contributed by atoms with Gasteiger partial charge >= 0.3 is 0 Å². The lowest BCUT2D eigenvalue weighted by molar-refractivity contribution is 0.358. The highest BCUT2D eigenvalue weighted by molar-refractivity contribution is 5.03. The largest absolute Gasteiger partial charge is 0.445 e. The highest BCUT2D eigenvalue weighted by Gasteiger charge is 2.19. The van der Waals surface area contributed by atoms with E-state index in [-0.39, 0.29) is 0 Å². The first-order valence-electron chi connectivity index (χ1n) is 7.91. The molecule has 0 unspecified atom stereocenters. The summed E-state index contributed by atoms with van der Waals surface area (Å²) in [6, 6.07) is 0. The van der Waals surface area contributed by atoms with Gasteiger partial charge in [0.1, 0.15) is 5.76 Å². The summed E-state index contributed by atoms with van der Waals surface area (Å²) in [5, 5.41) is 3.46. The highest BCUT2D eigenvalue weighted by atomic mass is 16.4. The third-order valence-electron chi connectivity index (χ3n) is 3.88. The molecule has 19 heavy (non-hydrogen) atoms. The van der Waals surface area contributed by atoms with Gasteiger partial charge in [0.25, 0.3) is 0 Å². The third kappa shape index (κ3) is 4.98. The van der Waals surface area contributed by atoms with E-state index < -0.39 is 0 Å². The van der Waals surface area contributed by atoms with Crippen LogP contribution in [0.2, 0.25) is 0 Å². The predicted octanol–water partition coefficient (Wildman–Crippen LogP) is 3.90. The van der Waals surface area contributed by atoms with Crippen molar-refractivity contribution < 1.29 is 4.42 Å². The molecule has 0 saturated heterocycles. The molecule has 1 aliphatic carbocycles. The van der Waals surface area contributed by atoms with Crippen LogP contribution in [-0.2, 0) is 6.42 Å². The first-order chi connectivity index (χ1) is 9.25. The zero-order chi connectivity index (χ0) is 13.5. The molecule has 1 saturated carbocycles. The van der Waals surface area contributed by atoms with Crippen molar-refractivity contribution in [2.75, 3.05) is 13.1 Å². The average molecular weight is 264 g/mol. The maximum Gasteiger partial charge on any atom is 0.194 e. The topological polar surface area (TPSA) is 38.1 Å². The van der Waals surface area contributed by atoms with Crippen molar-refractivity contribution in [3.63, 3.8) is 0 Å². The van der Waals surface area contributed by atoms with Crippen LogP contribution in [0.25, 0.3) is 0 Å². The molecule has 0 radical (unpaired) electrons. The second kappa shape index (κ2) is 7.68. The quantitative estimate of drug-likeness (QED) is 0.759. The van der Waals surface area contributed by atoms with Crippen LogP contribution in [0.4, 0.5) is 0 Å². The summed E-state index contributed by atoms with van der Waals surface area (Å²) in [4.78, 5) is 4.43. The number of aromatic nitrogens is 1. The number of nitrogens with zero attached hydrogens (tertiary/aromatic N) is 1. The minimum absolute atomic E-state index is 0.633. The van der Waals surface area contributed by atoms with Gasteiger partial charge in [0, 0.05) is 12.3 Å². The van der Waals surface area contributed by atoms with E-state index in [9.17, 15) is 0 Å². The van der Waals surface area contributed by atoms with Gasteiger partial charge in [-0.25, -0.2) is 4.98 Å². The van der Waals surface area contributed by atoms with Gasteiger partial charge in [0.2, 0.25) is 0 Å². The molecule has 0 spiro atoms. The van der Waals surface area contributed by atoms with E-state index in [1.807, 2.05) is 6.20 Å². The summed E-state index contributed by atoms with van der Waals surface area (Å²) in [6.07, 6.45) is 10.7. The maximum atomic E-state index is 5.91. The Balaban J connectivity index is 1.68. The van der Waals surface area contributed by atoms with Crippen LogP contribution in [0, 0.1) is 5.92 Å². The Kier molecular flexibility index (Phi) is 5.90. The lowest BCUT2D eigenvalue weighted by atomic mass is 9.88. The lowest BCUT2D eigenvalue weighted by Crippen LogP contribution is -2.21. The van der Waals surface area contributed by atoms with Crippen molar-refractivity contribution >= 4 is 0 Å². The Morgan fingerprint density at radius 1 is 1.32 bits per heavy atom. The zero-order valence-corrected chi connectivity index (χ0v) is 12.5. The minimum atomic E-state index is 0.633. The molecular weight excluding hydrogens is 236 g/mol. The van der Waals surface area contributed by atoms with Crippen molar-refractivity contribution in [3.05, 3.63) is 17.8 Å². The number of nitrogens with one attached hydrogen (secondary N) is 1. The van der Waals surface area contributed by atoms with Crippen LogP contribution in [0.15, 0.2) is 10.6 Å². The van der Waals surface area contributed by atoms with Gasteiger partial charge in [-0.1, -0.05) is 33.1 Å². The Morgan fingerprint density at radius 3 is 2.84 bits per heavy atom. The number of oxazole rings is 1. The van der Waals surface area contributed by atoms with Crippen molar-refractivity contribution in [2.45, 2.75) is 64.7 Å². The maximum absolute atomic E-state index is 5.91. The van der Waals surface area contributed by atoms with Gasteiger partial charge in [-0.2, -0.15) is 0 Å². The second-order valence-electron chi connectivity index (χ2n) is 6.19. The van der Waals surface area contributed by atoms with E-state index in [4.69, 9.17) is 4.42 Å². The van der Waals surface area contributed by atoms with Crippen LogP contribution in [0.3, 0.4) is 0 Å². The molecular formula is C16H28N2O. The fourth-order valence-electron chi connectivity index (χ4n) is 2.77. The van der Waals surface area contributed by atoms with Crippen LogP contribution >= 0.6 is 0 Å². The van der Waals surface area contributed by atoms with E-state index in [0.29, 0.717) is 5.92 Å². The fraction of sp³-hybridized carbons (Fsp3) is 0.812. The Hall–Kier alpha value is -0.830. The van der Waals surface area contributed by atoms with Gasteiger partial charge in [-0.3, -0.25) is 0 Å². The van der Waals surface area contributed by atoms with Crippen molar-refractivity contribution in [1.29, 1.82) is 0 Å². The molecule has 2 rings (SSSR count). The van der Waals surface area contributed by atoms with Gasteiger partial charge in [0.15, 0.2) is 5.89 Å². The summed E-state index contributed by atoms with van der Waals surface area (Å²) < 4.78 is 5.91. The Morgan fingerprint density at radius 2 is 2.11 bits per heavy atom. The number of aryl methyl sites for hydroxylation is 1. The molecule has 3 heteroatoms. The molecule has 0 aromatic carbocycles. The van der Waals surface area contributed by atoms with E-state index in [0.717, 1.165) is 43.5 Å². The third-order valence-corrected chi connectivity index (χ3v) is 3.88. The Bertz CT molecular complexity index is 353. The molecule has 1 aliphatic rings. The molecule has 3 nitrogen and oxygen atoms in total. The van der Waals surface area contributed by atoms with Crippen molar-refractivity contribution in [3.8, 4) is 0 Å². The molecule has 0 amide bonds. The highest BCUT2D eigenvalue weighted by Crippen LogP contribution is 2.32. The number of rotatable bonds is 7. The molecule has 1 fully saturated rings. The number of hydrogen-bond acceptors (Lipinski definition) is 3. The van der Waals surface area contributed by atoms with Gasteiger partial charge in [-0.05, 0) is 38.3 Å². The summed E-state index contributed by atoms with van der Waals surface area (Å²) >= 11 is 0. The van der Waals surface area contributed by atoms with Crippen LogP contribution < -0.4 is 5.32 Å². The van der Waals surface area contributed by atoms with Crippen LogP contribution in [-0.4, -0.2) is 18.1 Å². The van der Waals surface area contributed by atoms with Gasteiger partial charge in [0.05, 0.1) is 6.20 Å². The Labute approximate surface area is 117 Å². The smallest absolute Gasteiger partial charge is 0.194 e. The van der Waals surface area contributed by atoms with E-state index in [1.54, 1.807) is 0 Å². The van der Waals surface area contributed by atoms with E-state index in [2.05, 4.69) is 24.1 Å². The van der Waals surface area contributed by atoms with Crippen molar-refractivity contribution in [2.24, 2.45) is 5.92 Å². The number of hydrogen-bond donors (Lipinski definition) is 1. The summed E-state index contributed by atoms with van der Waals surface area (Å²) in [6.45, 7) is 6.62. The van der Waals surface area contributed by atoms with Crippen LogP contribution in [0.5, 0.6) is 0 Å². The normalized spacial score (nSPS) is 17.2. The minimum Gasteiger partial charge on any atom is -0.445 e. The van der Waals surface area contributed by atoms with Gasteiger partial charge in [-0.15, -0.1) is 0 Å². The molecule has 0 bridgehead atoms.